The Morgan fingerprint density at radius 2 is 2.29 bits per heavy atom. The van der Waals surface area contributed by atoms with Gasteiger partial charge in [-0.25, -0.2) is 0 Å². The summed E-state index contributed by atoms with van der Waals surface area (Å²) < 4.78 is 6.50. The van der Waals surface area contributed by atoms with Crippen molar-refractivity contribution in [3.8, 4) is 5.75 Å². The Morgan fingerprint density at radius 3 is 2.94 bits per heavy atom. The number of ether oxygens (including phenoxy) is 1. The maximum Gasteiger partial charge on any atom is 0.158 e. The quantitative estimate of drug-likeness (QED) is 0.771. The lowest BCUT2D eigenvalue weighted by atomic mass is 10.1. The number of ketones is 1. The number of hydrogen-bond acceptors (Lipinski definition) is 2. The van der Waals surface area contributed by atoms with Crippen molar-refractivity contribution in [2.45, 2.75) is 19.8 Å². The first-order valence-corrected chi connectivity index (χ1v) is 6.64. The van der Waals surface area contributed by atoms with Crippen LogP contribution in [-0.4, -0.2) is 12.4 Å². The van der Waals surface area contributed by atoms with Gasteiger partial charge in [0.15, 0.2) is 5.78 Å². The molecular weight excluding hydrogens is 280 g/mol. The molecule has 0 unspecified atom stereocenters. The first-order valence-electron chi connectivity index (χ1n) is 5.85. The van der Waals surface area contributed by atoms with Crippen LogP contribution < -0.4 is 4.74 Å². The standard InChI is InChI=1S/C14H15BrO2/c1-2-17-14-8-6-12(15)9-11(14)5-7-13(16)10-3-4-10/h5-10H,2-4H2,1H3/b7-5+. The fraction of sp³-hybridized carbons (Fsp3) is 0.357. The Morgan fingerprint density at radius 1 is 1.53 bits per heavy atom. The zero-order valence-electron chi connectivity index (χ0n) is 9.78. The van der Waals surface area contributed by atoms with Gasteiger partial charge in [0.1, 0.15) is 5.75 Å². The van der Waals surface area contributed by atoms with Crippen LogP contribution in [0.1, 0.15) is 25.3 Å². The molecule has 1 aliphatic carbocycles. The molecule has 0 saturated heterocycles. The van der Waals surface area contributed by atoms with E-state index in [-0.39, 0.29) is 11.7 Å². The lowest BCUT2D eigenvalue weighted by molar-refractivity contribution is -0.115. The predicted octanol–water partition coefficient (Wildman–Crippen LogP) is 3.84. The molecule has 1 aromatic carbocycles. The van der Waals surface area contributed by atoms with E-state index >= 15 is 0 Å². The second kappa shape index (κ2) is 5.50. The molecule has 2 nitrogen and oxygen atoms in total. The summed E-state index contributed by atoms with van der Waals surface area (Å²) in [6, 6.07) is 5.81. The summed E-state index contributed by atoms with van der Waals surface area (Å²) in [5.41, 5.74) is 0.940. The highest BCUT2D eigenvalue weighted by Gasteiger charge is 2.27. The van der Waals surface area contributed by atoms with Gasteiger partial charge in [-0.15, -0.1) is 0 Å². The van der Waals surface area contributed by atoms with Gasteiger partial charge >= 0.3 is 0 Å². The van der Waals surface area contributed by atoms with E-state index in [1.54, 1.807) is 6.08 Å². The molecular formula is C14H15BrO2. The Labute approximate surface area is 110 Å². The summed E-state index contributed by atoms with van der Waals surface area (Å²) in [4.78, 5) is 11.6. The molecule has 0 aromatic heterocycles. The maximum atomic E-state index is 11.6. The fourth-order valence-electron chi connectivity index (χ4n) is 1.61. The van der Waals surface area contributed by atoms with E-state index < -0.39 is 0 Å². The van der Waals surface area contributed by atoms with E-state index in [0.29, 0.717) is 6.61 Å². The molecule has 1 fully saturated rings. The molecule has 1 saturated carbocycles. The highest BCUT2D eigenvalue weighted by atomic mass is 79.9. The van der Waals surface area contributed by atoms with Gasteiger partial charge < -0.3 is 4.74 Å². The summed E-state index contributed by atoms with van der Waals surface area (Å²) in [5, 5.41) is 0. The van der Waals surface area contributed by atoms with E-state index in [2.05, 4.69) is 15.9 Å². The molecule has 0 spiro atoms. The molecule has 0 amide bonds. The lowest BCUT2D eigenvalue weighted by Crippen LogP contribution is -1.96. The fourth-order valence-corrected chi connectivity index (χ4v) is 1.99. The third-order valence-corrected chi connectivity index (χ3v) is 3.17. The summed E-state index contributed by atoms with van der Waals surface area (Å²) in [6.07, 6.45) is 5.60. The van der Waals surface area contributed by atoms with Crippen LogP contribution in [-0.2, 0) is 4.79 Å². The second-order valence-corrected chi connectivity index (χ2v) is 5.04. The normalized spacial score (nSPS) is 15.2. The van der Waals surface area contributed by atoms with Gasteiger partial charge in [0.05, 0.1) is 6.61 Å². The van der Waals surface area contributed by atoms with Gasteiger partial charge in [-0.05, 0) is 50.1 Å². The van der Waals surface area contributed by atoms with Crippen LogP contribution in [0, 0.1) is 5.92 Å². The largest absolute Gasteiger partial charge is 0.493 e. The first-order chi connectivity index (χ1) is 8.20. The zero-order chi connectivity index (χ0) is 12.3. The van der Waals surface area contributed by atoms with Crippen LogP contribution in [0.2, 0.25) is 0 Å². The third-order valence-electron chi connectivity index (χ3n) is 2.68. The molecule has 1 aliphatic rings. The summed E-state index contributed by atoms with van der Waals surface area (Å²) in [7, 11) is 0. The van der Waals surface area contributed by atoms with Crippen LogP contribution in [0.3, 0.4) is 0 Å². The van der Waals surface area contributed by atoms with Crippen LogP contribution in [0.5, 0.6) is 5.75 Å². The minimum atomic E-state index is 0.229. The average molecular weight is 295 g/mol. The van der Waals surface area contributed by atoms with Crippen molar-refractivity contribution >= 4 is 27.8 Å². The van der Waals surface area contributed by atoms with Crippen molar-refractivity contribution in [2.75, 3.05) is 6.61 Å². The summed E-state index contributed by atoms with van der Waals surface area (Å²) in [5.74, 6) is 1.32. The molecule has 17 heavy (non-hydrogen) atoms. The Balaban J connectivity index is 2.16. The van der Waals surface area contributed by atoms with E-state index in [4.69, 9.17) is 4.74 Å². The highest BCUT2D eigenvalue weighted by Crippen LogP contribution is 2.31. The Kier molecular flexibility index (Phi) is 4.00. The van der Waals surface area contributed by atoms with Crippen molar-refractivity contribution in [2.24, 2.45) is 5.92 Å². The summed E-state index contributed by atoms with van der Waals surface area (Å²) >= 11 is 3.42. The number of rotatable bonds is 5. The molecule has 0 heterocycles. The number of benzene rings is 1. The van der Waals surface area contributed by atoms with E-state index in [9.17, 15) is 4.79 Å². The van der Waals surface area contributed by atoms with Crippen molar-refractivity contribution in [3.05, 3.63) is 34.3 Å². The van der Waals surface area contributed by atoms with Crippen LogP contribution in [0.25, 0.3) is 6.08 Å². The number of halogens is 1. The molecule has 0 atom stereocenters. The molecule has 0 N–H and O–H groups in total. The SMILES string of the molecule is CCOc1ccc(Br)cc1/C=C/C(=O)C1CC1. The molecule has 2 rings (SSSR count). The smallest absolute Gasteiger partial charge is 0.158 e. The van der Waals surface area contributed by atoms with E-state index in [0.717, 1.165) is 28.6 Å². The Hall–Kier alpha value is -1.09. The van der Waals surface area contributed by atoms with Gasteiger partial charge in [0.25, 0.3) is 0 Å². The minimum Gasteiger partial charge on any atom is -0.493 e. The van der Waals surface area contributed by atoms with E-state index in [1.165, 1.54) is 0 Å². The molecule has 0 aliphatic heterocycles. The minimum absolute atomic E-state index is 0.229. The lowest BCUT2D eigenvalue weighted by Gasteiger charge is -2.07. The monoisotopic (exact) mass is 294 g/mol. The predicted molar refractivity (Wildman–Crippen MR) is 72.1 cm³/mol. The number of carbonyl (C=O) groups is 1. The molecule has 0 radical (unpaired) electrons. The second-order valence-electron chi connectivity index (χ2n) is 4.13. The van der Waals surface area contributed by atoms with Gasteiger partial charge in [0, 0.05) is 16.0 Å². The Bertz CT molecular complexity index is 448. The zero-order valence-corrected chi connectivity index (χ0v) is 11.4. The topological polar surface area (TPSA) is 26.3 Å². The van der Waals surface area contributed by atoms with Gasteiger partial charge in [-0.2, -0.15) is 0 Å². The summed E-state index contributed by atoms with van der Waals surface area (Å²) in [6.45, 7) is 2.57. The van der Waals surface area contributed by atoms with Crippen molar-refractivity contribution in [3.63, 3.8) is 0 Å². The molecule has 3 heteroatoms. The van der Waals surface area contributed by atoms with Crippen LogP contribution in [0.4, 0.5) is 0 Å². The third kappa shape index (κ3) is 3.43. The maximum absolute atomic E-state index is 11.6. The van der Waals surface area contributed by atoms with Crippen molar-refractivity contribution in [1.82, 2.24) is 0 Å². The average Bonchev–Trinajstić information content (AvgIpc) is 3.13. The highest BCUT2D eigenvalue weighted by molar-refractivity contribution is 9.10. The number of allylic oxidation sites excluding steroid dienone is 1. The molecule has 90 valence electrons. The van der Waals surface area contributed by atoms with Crippen LogP contribution >= 0.6 is 15.9 Å². The van der Waals surface area contributed by atoms with E-state index in [1.807, 2.05) is 31.2 Å². The van der Waals surface area contributed by atoms with Gasteiger partial charge in [-0.1, -0.05) is 15.9 Å². The number of carbonyl (C=O) groups excluding carboxylic acids is 1. The van der Waals surface area contributed by atoms with Crippen molar-refractivity contribution in [1.29, 1.82) is 0 Å². The van der Waals surface area contributed by atoms with Crippen LogP contribution in [0.15, 0.2) is 28.7 Å². The van der Waals surface area contributed by atoms with Gasteiger partial charge in [-0.3, -0.25) is 4.79 Å². The first kappa shape index (κ1) is 12.4. The van der Waals surface area contributed by atoms with Gasteiger partial charge in [0.2, 0.25) is 0 Å². The molecule has 1 aromatic rings. The molecule has 0 bridgehead atoms. The van der Waals surface area contributed by atoms with Crippen molar-refractivity contribution < 1.29 is 9.53 Å². The number of hydrogen-bond donors (Lipinski definition) is 0.